The topological polar surface area (TPSA) is 12.0 Å². The molecule has 1 N–H and O–H groups in total. The van der Waals surface area contributed by atoms with Crippen LogP contribution in [0.25, 0.3) is 0 Å². The molecular weight excluding hydrogens is 214 g/mol. The van der Waals surface area contributed by atoms with Gasteiger partial charge in [0.05, 0.1) is 0 Å². The number of rotatable bonds is 5. The van der Waals surface area contributed by atoms with Crippen molar-refractivity contribution in [3.63, 3.8) is 0 Å². The van der Waals surface area contributed by atoms with Crippen LogP contribution in [0.15, 0.2) is 0 Å². The molecular formula is C14H27NS. The molecule has 2 atom stereocenters. The van der Waals surface area contributed by atoms with E-state index in [1.54, 1.807) is 0 Å². The summed E-state index contributed by atoms with van der Waals surface area (Å²) in [5.41, 5.74) is 0. The lowest BCUT2D eigenvalue weighted by Crippen LogP contribution is -2.43. The van der Waals surface area contributed by atoms with Gasteiger partial charge >= 0.3 is 0 Å². The summed E-state index contributed by atoms with van der Waals surface area (Å²) in [5.74, 6) is 4.78. The van der Waals surface area contributed by atoms with Crippen LogP contribution in [0.2, 0.25) is 0 Å². The summed E-state index contributed by atoms with van der Waals surface area (Å²) >= 11 is 2.17. The Balaban J connectivity index is 1.89. The van der Waals surface area contributed by atoms with E-state index in [0.29, 0.717) is 0 Å². The van der Waals surface area contributed by atoms with Gasteiger partial charge in [0.2, 0.25) is 0 Å². The van der Waals surface area contributed by atoms with Crippen LogP contribution >= 0.6 is 11.8 Å². The molecule has 2 fully saturated rings. The van der Waals surface area contributed by atoms with E-state index in [9.17, 15) is 0 Å². The second-order valence-electron chi connectivity index (χ2n) is 5.50. The Kier molecular flexibility index (Phi) is 5.51. The molecule has 1 aliphatic heterocycles. The van der Waals surface area contributed by atoms with E-state index < -0.39 is 0 Å². The first kappa shape index (κ1) is 12.8. The normalized spacial score (nSPS) is 29.4. The van der Waals surface area contributed by atoms with Gasteiger partial charge in [-0.2, -0.15) is 11.8 Å². The molecule has 2 aliphatic rings. The van der Waals surface area contributed by atoms with Crippen molar-refractivity contribution in [1.82, 2.24) is 5.32 Å². The summed E-state index contributed by atoms with van der Waals surface area (Å²) in [7, 11) is 0. The molecule has 0 amide bonds. The van der Waals surface area contributed by atoms with Crippen LogP contribution in [0.3, 0.4) is 0 Å². The van der Waals surface area contributed by atoms with Crippen molar-refractivity contribution in [3.8, 4) is 0 Å². The fourth-order valence-electron chi connectivity index (χ4n) is 3.36. The predicted octanol–water partition coefficient (Wildman–Crippen LogP) is 3.69. The van der Waals surface area contributed by atoms with Gasteiger partial charge in [-0.15, -0.1) is 0 Å². The molecule has 0 aromatic rings. The van der Waals surface area contributed by atoms with Crippen LogP contribution in [-0.2, 0) is 0 Å². The lowest BCUT2D eigenvalue weighted by atomic mass is 9.78. The van der Waals surface area contributed by atoms with Crippen molar-refractivity contribution >= 4 is 11.8 Å². The van der Waals surface area contributed by atoms with Crippen LogP contribution in [0.4, 0.5) is 0 Å². The quantitative estimate of drug-likeness (QED) is 0.788. The first-order chi connectivity index (χ1) is 7.92. The number of hydrogen-bond donors (Lipinski definition) is 1. The van der Waals surface area contributed by atoms with Gasteiger partial charge in [0.25, 0.3) is 0 Å². The van der Waals surface area contributed by atoms with Crippen LogP contribution < -0.4 is 5.32 Å². The summed E-state index contributed by atoms with van der Waals surface area (Å²) in [6, 6.07) is 0.843. The van der Waals surface area contributed by atoms with Crippen molar-refractivity contribution < 1.29 is 0 Å². The lowest BCUT2D eigenvalue weighted by Gasteiger charge is -2.35. The van der Waals surface area contributed by atoms with Crippen LogP contribution in [0.5, 0.6) is 0 Å². The standard InChI is InChI=1S/C14H27NS/c1-2-9-15-14(13-8-10-16-11-13)12-6-4-3-5-7-12/h12-15H,2-11H2,1H3. The van der Waals surface area contributed by atoms with Gasteiger partial charge in [-0.05, 0) is 55.6 Å². The zero-order valence-corrected chi connectivity index (χ0v) is 11.5. The molecule has 0 aromatic carbocycles. The summed E-state index contributed by atoms with van der Waals surface area (Å²) in [4.78, 5) is 0. The maximum absolute atomic E-state index is 3.87. The predicted molar refractivity (Wildman–Crippen MR) is 74.1 cm³/mol. The van der Waals surface area contributed by atoms with E-state index in [2.05, 4.69) is 24.0 Å². The van der Waals surface area contributed by atoms with Gasteiger partial charge in [-0.1, -0.05) is 26.2 Å². The number of nitrogens with one attached hydrogen (secondary N) is 1. The monoisotopic (exact) mass is 241 g/mol. The Morgan fingerprint density at radius 1 is 1.12 bits per heavy atom. The molecule has 0 radical (unpaired) electrons. The maximum atomic E-state index is 3.87. The molecule has 16 heavy (non-hydrogen) atoms. The van der Waals surface area contributed by atoms with Crippen molar-refractivity contribution in [3.05, 3.63) is 0 Å². The van der Waals surface area contributed by atoms with E-state index in [-0.39, 0.29) is 0 Å². The van der Waals surface area contributed by atoms with Crippen molar-refractivity contribution in [2.24, 2.45) is 11.8 Å². The second-order valence-corrected chi connectivity index (χ2v) is 6.65. The molecule has 0 spiro atoms. The number of hydrogen-bond acceptors (Lipinski definition) is 2. The molecule has 1 aliphatic carbocycles. The van der Waals surface area contributed by atoms with Crippen LogP contribution in [0, 0.1) is 11.8 Å². The van der Waals surface area contributed by atoms with Crippen molar-refractivity contribution in [2.75, 3.05) is 18.1 Å². The summed E-state index contributed by atoms with van der Waals surface area (Å²) < 4.78 is 0. The third kappa shape index (κ3) is 3.40. The molecule has 94 valence electrons. The Labute approximate surface area is 105 Å². The Morgan fingerprint density at radius 2 is 1.94 bits per heavy atom. The van der Waals surface area contributed by atoms with Gasteiger partial charge in [-0.3, -0.25) is 0 Å². The molecule has 1 nitrogen and oxygen atoms in total. The number of thioether (sulfide) groups is 1. The average molecular weight is 241 g/mol. The third-order valence-electron chi connectivity index (χ3n) is 4.26. The highest BCUT2D eigenvalue weighted by atomic mass is 32.2. The van der Waals surface area contributed by atoms with E-state index in [0.717, 1.165) is 17.9 Å². The molecule has 0 bridgehead atoms. The van der Waals surface area contributed by atoms with Crippen molar-refractivity contribution in [1.29, 1.82) is 0 Å². The fraction of sp³-hybridized carbons (Fsp3) is 1.00. The second kappa shape index (κ2) is 6.90. The highest BCUT2D eigenvalue weighted by Crippen LogP contribution is 2.35. The summed E-state index contributed by atoms with van der Waals surface area (Å²) in [6.07, 6.45) is 10.2. The van der Waals surface area contributed by atoms with Gasteiger partial charge in [0.15, 0.2) is 0 Å². The smallest absolute Gasteiger partial charge is 0.0132 e. The van der Waals surface area contributed by atoms with E-state index >= 15 is 0 Å². The van der Waals surface area contributed by atoms with Gasteiger partial charge in [0.1, 0.15) is 0 Å². The minimum Gasteiger partial charge on any atom is -0.313 e. The first-order valence-corrected chi connectivity index (χ1v) is 8.38. The Hall–Kier alpha value is 0.310. The molecule has 2 unspecified atom stereocenters. The van der Waals surface area contributed by atoms with Crippen LogP contribution in [-0.4, -0.2) is 24.1 Å². The first-order valence-electron chi connectivity index (χ1n) is 7.23. The van der Waals surface area contributed by atoms with Gasteiger partial charge < -0.3 is 5.32 Å². The Bertz CT molecular complexity index is 183. The van der Waals surface area contributed by atoms with Gasteiger partial charge in [-0.25, -0.2) is 0 Å². The minimum absolute atomic E-state index is 0.843. The highest BCUT2D eigenvalue weighted by Gasteiger charge is 2.31. The molecule has 1 saturated carbocycles. The average Bonchev–Trinajstić information content (AvgIpc) is 2.85. The SMILES string of the molecule is CCCNC(C1CCCCC1)C1CCSC1. The van der Waals surface area contributed by atoms with E-state index in [1.165, 1.54) is 63.0 Å². The third-order valence-corrected chi connectivity index (χ3v) is 5.45. The maximum Gasteiger partial charge on any atom is 0.0132 e. The Morgan fingerprint density at radius 3 is 2.56 bits per heavy atom. The molecule has 2 heteroatoms. The lowest BCUT2D eigenvalue weighted by molar-refractivity contribution is 0.217. The van der Waals surface area contributed by atoms with Crippen LogP contribution in [0.1, 0.15) is 51.9 Å². The zero-order valence-electron chi connectivity index (χ0n) is 10.7. The van der Waals surface area contributed by atoms with E-state index in [4.69, 9.17) is 0 Å². The summed E-state index contributed by atoms with van der Waals surface area (Å²) in [6.45, 7) is 3.51. The molecule has 1 heterocycles. The van der Waals surface area contributed by atoms with Gasteiger partial charge in [0, 0.05) is 6.04 Å². The largest absolute Gasteiger partial charge is 0.313 e. The summed E-state index contributed by atoms with van der Waals surface area (Å²) in [5, 5.41) is 3.87. The minimum atomic E-state index is 0.843. The van der Waals surface area contributed by atoms with E-state index in [1.807, 2.05) is 0 Å². The molecule has 0 aromatic heterocycles. The molecule has 1 saturated heterocycles. The fourth-order valence-corrected chi connectivity index (χ4v) is 4.67. The molecule has 2 rings (SSSR count). The zero-order chi connectivity index (χ0) is 11.2. The highest BCUT2D eigenvalue weighted by molar-refractivity contribution is 7.99. The van der Waals surface area contributed by atoms with Crippen molar-refractivity contribution in [2.45, 2.75) is 57.9 Å².